The lowest BCUT2D eigenvalue weighted by Crippen LogP contribution is -2.27. The van der Waals surface area contributed by atoms with Gasteiger partial charge < -0.3 is 9.64 Å². The summed E-state index contributed by atoms with van der Waals surface area (Å²) < 4.78 is 18.1. The minimum absolute atomic E-state index is 0.154. The summed E-state index contributed by atoms with van der Waals surface area (Å²) in [4.78, 5) is 2.45. The monoisotopic (exact) mass is 237 g/mol. The molecule has 0 spiro atoms. The van der Waals surface area contributed by atoms with Gasteiger partial charge in [0.15, 0.2) is 0 Å². The van der Waals surface area contributed by atoms with Gasteiger partial charge in [-0.15, -0.1) is 0 Å². The molecule has 2 rings (SSSR count). The molecule has 1 aliphatic heterocycles. The zero-order valence-corrected chi connectivity index (χ0v) is 10.2. The summed E-state index contributed by atoms with van der Waals surface area (Å²) in [7, 11) is 0. The summed E-state index contributed by atoms with van der Waals surface area (Å²) in [5.74, 6) is -0.154. The predicted molar refractivity (Wildman–Crippen MR) is 66.6 cm³/mol. The van der Waals surface area contributed by atoms with E-state index < -0.39 is 0 Å². The number of benzene rings is 1. The van der Waals surface area contributed by atoms with E-state index in [2.05, 4.69) is 4.90 Å². The molecule has 1 aromatic carbocycles. The van der Waals surface area contributed by atoms with Gasteiger partial charge in [0.2, 0.25) is 0 Å². The van der Waals surface area contributed by atoms with Gasteiger partial charge in [-0.1, -0.05) is 12.1 Å². The number of rotatable bonds is 4. The normalized spacial score (nSPS) is 17.9. The first kappa shape index (κ1) is 12.5. The van der Waals surface area contributed by atoms with Crippen LogP contribution in [0.5, 0.6) is 0 Å². The van der Waals surface area contributed by atoms with Crippen LogP contribution >= 0.6 is 0 Å². The standard InChI is InChI=1S/C14H20FNO/c15-14-6-4-13(5-7-14)3-1-8-16-9-2-11-17-12-10-16/h4-7H,1-3,8-12H2. The second-order valence-corrected chi connectivity index (χ2v) is 4.54. The third-order valence-corrected chi connectivity index (χ3v) is 3.17. The van der Waals surface area contributed by atoms with Crippen molar-refractivity contribution in [3.8, 4) is 0 Å². The molecular weight excluding hydrogens is 217 g/mol. The summed E-state index contributed by atoms with van der Waals surface area (Å²) in [5.41, 5.74) is 1.22. The molecule has 2 nitrogen and oxygen atoms in total. The quantitative estimate of drug-likeness (QED) is 0.797. The van der Waals surface area contributed by atoms with Gasteiger partial charge in [0.25, 0.3) is 0 Å². The van der Waals surface area contributed by atoms with E-state index in [0.717, 1.165) is 52.1 Å². The van der Waals surface area contributed by atoms with Crippen LogP contribution in [0, 0.1) is 5.82 Å². The van der Waals surface area contributed by atoms with Crippen molar-refractivity contribution >= 4 is 0 Å². The first-order valence-corrected chi connectivity index (χ1v) is 6.39. The number of nitrogens with zero attached hydrogens (tertiary/aromatic N) is 1. The molecule has 17 heavy (non-hydrogen) atoms. The van der Waals surface area contributed by atoms with Gasteiger partial charge in [-0.05, 0) is 43.5 Å². The second kappa shape index (κ2) is 6.72. The van der Waals surface area contributed by atoms with E-state index in [0.29, 0.717) is 0 Å². The lowest BCUT2D eigenvalue weighted by atomic mass is 10.1. The van der Waals surface area contributed by atoms with E-state index in [9.17, 15) is 4.39 Å². The molecule has 94 valence electrons. The SMILES string of the molecule is Fc1ccc(CCCN2CCCOCC2)cc1. The Labute approximate surface area is 102 Å². The Morgan fingerprint density at radius 3 is 2.76 bits per heavy atom. The highest BCUT2D eigenvalue weighted by atomic mass is 19.1. The summed E-state index contributed by atoms with van der Waals surface area (Å²) in [5, 5.41) is 0. The van der Waals surface area contributed by atoms with Crippen molar-refractivity contribution in [3.63, 3.8) is 0 Å². The molecule has 3 heteroatoms. The van der Waals surface area contributed by atoms with Crippen LogP contribution < -0.4 is 0 Å². The number of aryl methyl sites for hydroxylation is 1. The molecule has 1 heterocycles. The van der Waals surface area contributed by atoms with Crippen molar-refractivity contribution in [3.05, 3.63) is 35.6 Å². The Kier molecular flexibility index (Phi) is 4.95. The van der Waals surface area contributed by atoms with E-state index >= 15 is 0 Å². The van der Waals surface area contributed by atoms with Crippen LogP contribution in [0.1, 0.15) is 18.4 Å². The Hall–Kier alpha value is -0.930. The van der Waals surface area contributed by atoms with Crippen molar-refractivity contribution in [1.82, 2.24) is 4.90 Å². The summed E-state index contributed by atoms with van der Waals surface area (Å²) in [6.07, 6.45) is 3.29. The van der Waals surface area contributed by atoms with Gasteiger partial charge in [0.1, 0.15) is 5.82 Å². The van der Waals surface area contributed by atoms with E-state index in [1.165, 1.54) is 17.7 Å². The van der Waals surface area contributed by atoms with E-state index in [1.54, 1.807) is 0 Å². The van der Waals surface area contributed by atoms with Crippen molar-refractivity contribution in [1.29, 1.82) is 0 Å². The first-order chi connectivity index (χ1) is 8.34. The molecule has 0 saturated carbocycles. The van der Waals surface area contributed by atoms with E-state index in [4.69, 9.17) is 4.74 Å². The largest absolute Gasteiger partial charge is 0.380 e. The molecule has 1 saturated heterocycles. The molecule has 0 N–H and O–H groups in total. The summed E-state index contributed by atoms with van der Waals surface area (Å²) >= 11 is 0. The van der Waals surface area contributed by atoms with Gasteiger partial charge in [0.05, 0.1) is 6.61 Å². The van der Waals surface area contributed by atoms with Gasteiger partial charge in [-0.3, -0.25) is 0 Å². The highest BCUT2D eigenvalue weighted by Gasteiger charge is 2.08. The number of hydrogen-bond donors (Lipinski definition) is 0. The summed E-state index contributed by atoms with van der Waals surface area (Å²) in [6, 6.07) is 6.83. The first-order valence-electron chi connectivity index (χ1n) is 6.39. The predicted octanol–water partition coefficient (Wildman–Crippen LogP) is 2.48. The lowest BCUT2D eigenvalue weighted by molar-refractivity contribution is 0.141. The molecular formula is C14H20FNO. The van der Waals surface area contributed by atoms with Crippen molar-refractivity contribution in [2.75, 3.05) is 32.8 Å². The number of ether oxygens (including phenoxy) is 1. The Balaban J connectivity index is 1.69. The smallest absolute Gasteiger partial charge is 0.123 e. The molecule has 0 amide bonds. The van der Waals surface area contributed by atoms with Crippen LogP contribution in [-0.2, 0) is 11.2 Å². The van der Waals surface area contributed by atoms with Crippen molar-refractivity contribution in [2.45, 2.75) is 19.3 Å². The fraction of sp³-hybridized carbons (Fsp3) is 0.571. The minimum Gasteiger partial charge on any atom is -0.380 e. The molecule has 0 unspecified atom stereocenters. The highest BCUT2D eigenvalue weighted by molar-refractivity contribution is 5.15. The average molecular weight is 237 g/mol. The van der Waals surface area contributed by atoms with Crippen molar-refractivity contribution < 1.29 is 9.13 Å². The van der Waals surface area contributed by atoms with E-state index in [-0.39, 0.29) is 5.82 Å². The van der Waals surface area contributed by atoms with Crippen molar-refractivity contribution in [2.24, 2.45) is 0 Å². The van der Waals surface area contributed by atoms with Crippen LogP contribution in [0.3, 0.4) is 0 Å². The minimum atomic E-state index is -0.154. The Bertz CT molecular complexity index is 317. The van der Waals surface area contributed by atoms with Gasteiger partial charge in [-0.25, -0.2) is 4.39 Å². The highest BCUT2D eigenvalue weighted by Crippen LogP contribution is 2.07. The van der Waals surface area contributed by atoms with Gasteiger partial charge in [-0.2, -0.15) is 0 Å². The lowest BCUT2D eigenvalue weighted by Gasteiger charge is -2.18. The van der Waals surface area contributed by atoms with Crippen LogP contribution in [0.25, 0.3) is 0 Å². The molecule has 0 aliphatic carbocycles. The third-order valence-electron chi connectivity index (χ3n) is 3.17. The third kappa shape index (κ3) is 4.44. The maximum absolute atomic E-state index is 12.7. The molecule has 0 aromatic heterocycles. The fourth-order valence-corrected chi connectivity index (χ4v) is 2.18. The van der Waals surface area contributed by atoms with E-state index in [1.807, 2.05) is 12.1 Å². The van der Waals surface area contributed by atoms with Gasteiger partial charge in [0, 0.05) is 19.7 Å². The zero-order chi connectivity index (χ0) is 11.9. The second-order valence-electron chi connectivity index (χ2n) is 4.54. The van der Waals surface area contributed by atoms with Crippen LogP contribution in [0.2, 0.25) is 0 Å². The summed E-state index contributed by atoms with van der Waals surface area (Å²) in [6.45, 7) is 5.05. The molecule has 0 bridgehead atoms. The average Bonchev–Trinajstić information content (AvgIpc) is 2.60. The zero-order valence-electron chi connectivity index (χ0n) is 10.2. The van der Waals surface area contributed by atoms with Gasteiger partial charge >= 0.3 is 0 Å². The molecule has 1 fully saturated rings. The number of halogens is 1. The maximum atomic E-state index is 12.7. The number of hydrogen-bond acceptors (Lipinski definition) is 2. The fourth-order valence-electron chi connectivity index (χ4n) is 2.18. The molecule has 0 atom stereocenters. The molecule has 1 aliphatic rings. The Morgan fingerprint density at radius 2 is 1.94 bits per heavy atom. The maximum Gasteiger partial charge on any atom is 0.123 e. The molecule has 1 aromatic rings. The van der Waals surface area contributed by atoms with Crippen LogP contribution in [0.15, 0.2) is 24.3 Å². The van der Waals surface area contributed by atoms with Crippen LogP contribution in [0.4, 0.5) is 4.39 Å². The Morgan fingerprint density at radius 1 is 1.12 bits per heavy atom. The van der Waals surface area contributed by atoms with Crippen LogP contribution in [-0.4, -0.2) is 37.7 Å². The molecule has 0 radical (unpaired) electrons. The topological polar surface area (TPSA) is 12.5 Å².